The van der Waals surface area contributed by atoms with Crippen LogP contribution in [0, 0.1) is 0 Å². The van der Waals surface area contributed by atoms with Crippen LogP contribution in [-0.4, -0.2) is 14.0 Å². The Morgan fingerprint density at radius 2 is 1.24 bits per heavy atom. The molecule has 3 aromatic heterocycles. The zero-order valence-corrected chi connectivity index (χ0v) is 18.1. The van der Waals surface area contributed by atoms with Crippen LogP contribution in [0.15, 0.2) is 97.1 Å². The summed E-state index contributed by atoms with van der Waals surface area (Å²) in [5, 5.41) is 7.78. The highest BCUT2D eigenvalue weighted by atomic mass is 15.1. The Hall–Kier alpha value is -4.37. The van der Waals surface area contributed by atoms with E-state index in [1.807, 2.05) is 6.07 Å². The van der Waals surface area contributed by atoms with E-state index in [9.17, 15) is 0 Å². The largest absolute Gasteiger partial charge is 0.327 e. The molecule has 154 valence electrons. The van der Waals surface area contributed by atoms with Crippen molar-refractivity contribution >= 4 is 59.9 Å². The smallest absolute Gasteiger partial charge is 0.140 e. The maximum absolute atomic E-state index is 5.03. The summed E-state index contributed by atoms with van der Waals surface area (Å²) in [4.78, 5) is 5.03. The Morgan fingerprint density at radius 3 is 2.06 bits per heavy atom. The summed E-state index contributed by atoms with van der Waals surface area (Å²) in [5.41, 5.74) is 7.20. The van der Waals surface area contributed by atoms with Gasteiger partial charge in [-0.15, -0.1) is 0 Å². The lowest BCUT2D eigenvalue weighted by atomic mass is 9.99. The molecule has 0 atom stereocenters. The van der Waals surface area contributed by atoms with E-state index in [1.165, 1.54) is 54.4 Å². The molecule has 0 fully saturated rings. The van der Waals surface area contributed by atoms with Crippen LogP contribution in [0.1, 0.15) is 0 Å². The number of hydrogen-bond acceptors (Lipinski definition) is 1. The molecule has 0 aliphatic rings. The number of benzene rings is 5. The molecule has 0 unspecified atom stereocenters. The standard InChI is InChI=1S/C30H19N3/c1-32-28-23-17-22-19-11-5-7-13-25(19)33-26-14-8-6-12-21(26)27(29(22)33)20(23)15-16-24(28)31-30(32)18-9-3-2-4-10-18/h2-17H,1H3. The third kappa shape index (κ3) is 2.03. The van der Waals surface area contributed by atoms with Crippen molar-refractivity contribution in [3.05, 3.63) is 97.1 Å². The number of hydrogen-bond donors (Lipinski definition) is 0. The van der Waals surface area contributed by atoms with Gasteiger partial charge < -0.3 is 8.97 Å². The lowest BCUT2D eigenvalue weighted by Gasteiger charge is -2.07. The molecule has 8 rings (SSSR count). The minimum absolute atomic E-state index is 0.998. The maximum atomic E-state index is 5.03. The highest BCUT2D eigenvalue weighted by Gasteiger charge is 2.21. The first-order chi connectivity index (χ1) is 16.3. The van der Waals surface area contributed by atoms with Crippen molar-refractivity contribution in [3.63, 3.8) is 0 Å². The molecule has 0 radical (unpaired) electrons. The minimum atomic E-state index is 0.998. The van der Waals surface area contributed by atoms with Gasteiger partial charge in [0.25, 0.3) is 0 Å². The molecule has 33 heavy (non-hydrogen) atoms. The highest BCUT2D eigenvalue weighted by Crippen LogP contribution is 2.44. The molecule has 0 bridgehead atoms. The van der Waals surface area contributed by atoms with E-state index in [4.69, 9.17) is 4.98 Å². The number of aryl methyl sites for hydroxylation is 1. The van der Waals surface area contributed by atoms with Crippen molar-refractivity contribution < 1.29 is 0 Å². The van der Waals surface area contributed by atoms with E-state index in [0.717, 1.165) is 16.9 Å². The first-order valence-electron chi connectivity index (χ1n) is 11.3. The van der Waals surface area contributed by atoms with E-state index in [1.54, 1.807) is 0 Å². The SMILES string of the molecule is Cn1c(-c2ccccc2)nc2ccc3c(cc4c5ccccc5n5c6ccccc6c3c45)c21. The maximum Gasteiger partial charge on any atom is 0.140 e. The minimum Gasteiger partial charge on any atom is -0.327 e. The van der Waals surface area contributed by atoms with Crippen LogP contribution in [0.3, 0.4) is 0 Å². The van der Waals surface area contributed by atoms with Crippen LogP contribution in [0.4, 0.5) is 0 Å². The fraction of sp³-hybridized carbons (Fsp3) is 0.0333. The van der Waals surface area contributed by atoms with Gasteiger partial charge in [-0.1, -0.05) is 72.8 Å². The first-order valence-corrected chi connectivity index (χ1v) is 11.3. The van der Waals surface area contributed by atoms with Gasteiger partial charge in [-0.05, 0) is 29.7 Å². The van der Waals surface area contributed by atoms with Crippen LogP contribution >= 0.6 is 0 Å². The van der Waals surface area contributed by atoms with E-state index in [0.29, 0.717) is 0 Å². The zero-order valence-electron chi connectivity index (χ0n) is 18.1. The second-order valence-corrected chi connectivity index (χ2v) is 8.91. The van der Waals surface area contributed by atoms with Crippen LogP contribution < -0.4 is 0 Å². The average Bonchev–Trinajstić information content (AvgIpc) is 3.50. The molecule has 5 aromatic carbocycles. The van der Waals surface area contributed by atoms with E-state index in [2.05, 4.69) is 107 Å². The Balaban J connectivity index is 1.66. The quantitative estimate of drug-likeness (QED) is 0.268. The Morgan fingerprint density at radius 1 is 0.576 bits per heavy atom. The Labute approximate surface area is 189 Å². The molecule has 3 heteroatoms. The van der Waals surface area contributed by atoms with Crippen LogP contribution in [0.5, 0.6) is 0 Å². The van der Waals surface area contributed by atoms with Gasteiger partial charge in [-0.3, -0.25) is 0 Å². The number of para-hydroxylation sites is 2. The van der Waals surface area contributed by atoms with Crippen LogP contribution in [0.25, 0.3) is 71.3 Å². The van der Waals surface area contributed by atoms with Gasteiger partial charge in [0.05, 0.1) is 27.6 Å². The zero-order chi connectivity index (χ0) is 21.7. The summed E-state index contributed by atoms with van der Waals surface area (Å²) >= 11 is 0. The topological polar surface area (TPSA) is 22.2 Å². The van der Waals surface area contributed by atoms with Gasteiger partial charge in [-0.2, -0.15) is 0 Å². The third-order valence-electron chi connectivity index (χ3n) is 7.23. The van der Waals surface area contributed by atoms with Gasteiger partial charge in [0, 0.05) is 39.5 Å². The molecule has 0 saturated carbocycles. The molecule has 8 aromatic rings. The van der Waals surface area contributed by atoms with Crippen LogP contribution in [0.2, 0.25) is 0 Å². The summed E-state index contributed by atoms with van der Waals surface area (Å²) in [6, 6.07) is 34.8. The summed E-state index contributed by atoms with van der Waals surface area (Å²) in [5.74, 6) is 0.998. The lowest BCUT2D eigenvalue weighted by molar-refractivity contribution is 0.963. The third-order valence-corrected chi connectivity index (χ3v) is 7.23. The number of aromatic nitrogens is 3. The number of fused-ring (bicyclic) bond motifs is 10. The van der Waals surface area contributed by atoms with Gasteiger partial charge in [0.1, 0.15) is 5.82 Å². The fourth-order valence-corrected chi connectivity index (χ4v) is 5.88. The molecule has 3 nitrogen and oxygen atoms in total. The monoisotopic (exact) mass is 421 g/mol. The van der Waals surface area contributed by atoms with Crippen molar-refractivity contribution in [1.29, 1.82) is 0 Å². The van der Waals surface area contributed by atoms with Crippen molar-refractivity contribution in [2.45, 2.75) is 0 Å². The van der Waals surface area contributed by atoms with Crippen molar-refractivity contribution in [2.24, 2.45) is 7.05 Å². The van der Waals surface area contributed by atoms with Crippen molar-refractivity contribution in [3.8, 4) is 11.4 Å². The molecule has 0 aliphatic heterocycles. The normalized spacial score (nSPS) is 12.4. The van der Waals surface area contributed by atoms with Gasteiger partial charge in [0.15, 0.2) is 0 Å². The Bertz CT molecular complexity index is 2020. The van der Waals surface area contributed by atoms with Gasteiger partial charge >= 0.3 is 0 Å². The number of rotatable bonds is 1. The van der Waals surface area contributed by atoms with E-state index < -0.39 is 0 Å². The fourth-order valence-electron chi connectivity index (χ4n) is 5.88. The molecule has 0 amide bonds. The number of imidazole rings is 1. The summed E-state index contributed by atoms with van der Waals surface area (Å²) in [6.07, 6.45) is 0. The molecule has 3 heterocycles. The summed E-state index contributed by atoms with van der Waals surface area (Å²) in [7, 11) is 2.14. The second kappa shape index (κ2) is 5.90. The first kappa shape index (κ1) is 17.2. The molecule has 0 N–H and O–H groups in total. The van der Waals surface area contributed by atoms with Crippen LogP contribution in [-0.2, 0) is 7.05 Å². The molecule has 0 spiro atoms. The van der Waals surface area contributed by atoms with E-state index >= 15 is 0 Å². The predicted molar refractivity (Wildman–Crippen MR) is 138 cm³/mol. The van der Waals surface area contributed by atoms with Gasteiger partial charge in [0.2, 0.25) is 0 Å². The average molecular weight is 422 g/mol. The predicted octanol–water partition coefficient (Wildman–Crippen LogP) is 7.54. The molecule has 0 saturated heterocycles. The molecular weight excluding hydrogens is 402 g/mol. The van der Waals surface area contributed by atoms with E-state index in [-0.39, 0.29) is 0 Å². The summed E-state index contributed by atoms with van der Waals surface area (Å²) < 4.78 is 4.70. The Kier molecular flexibility index (Phi) is 3.08. The molecule has 0 aliphatic carbocycles. The van der Waals surface area contributed by atoms with Gasteiger partial charge in [-0.25, -0.2) is 4.98 Å². The second-order valence-electron chi connectivity index (χ2n) is 8.91. The summed E-state index contributed by atoms with van der Waals surface area (Å²) in [6.45, 7) is 0. The number of nitrogens with zero attached hydrogens (tertiary/aromatic N) is 3. The lowest BCUT2D eigenvalue weighted by Crippen LogP contribution is -1.93. The highest BCUT2D eigenvalue weighted by molar-refractivity contribution is 6.33. The molecular formula is C30H19N3. The van der Waals surface area contributed by atoms with Crippen molar-refractivity contribution in [2.75, 3.05) is 0 Å². The van der Waals surface area contributed by atoms with Crippen molar-refractivity contribution in [1.82, 2.24) is 14.0 Å².